The zero-order valence-electron chi connectivity index (χ0n) is 10.0. The van der Waals surface area contributed by atoms with Crippen LogP contribution in [-0.4, -0.2) is 15.7 Å². The van der Waals surface area contributed by atoms with E-state index in [0.717, 1.165) is 10.6 Å². The van der Waals surface area contributed by atoms with Gasteiger partial charge in [0.1, 0.15) is 5.82 Å². The Bertz CT molecular complexity index is 703. The largest absolute Gasteiger partial charge is 0.331 e. The van der Waals surface area contributed by atoms with Crippen molar-refractivity contribution < 1.29 is 4.39 Å². The van der Waals surface area contributed by atoms with E-state index in [4.69, 9.17) is 5.73 Å². The molecule has 0 aliphatic heterocycles. The minimum atomic E-state index is -0.497. The highest BCUT2D eigenvalue weighted by atomic mass is 19.1. The van der Waals surface area contributed by atoms with Crippen molar-refractivity contribution in [3.63, 3.8) is 0 Å². The van der Waals surface area contributed by atoms with Crippen LogP contribution < -0.4 is 17.0 Å². The lowest BCUT2D eigenvalue weighted by Gasteiger charge is -2.10. The smallest absolute Gasteiger partial charge is 0.330 e. The number of fused-ring (bicyclic) bond motifs is 1. The van der Waals surface area contributed by atoms with Crippen LogP contribution in [0, 0.1) is 5.82 Å². The Morgan fingerprint density at radius 2 is 2.06 bits per heavy atom. The minimum Gasteiger partial charge on any atom is -0.330 e. The molecule has 6 heteroatoms. The molecule has 0 amide bonds. The molecule has 1 aromatic heterocycles. The van der Waals surface area contributed by atoms with Gasteiger partial charge in [0.25, 0.3) is 5.56 Å². The van der Waals surface area contributed by atoms with E-state index in [-0.39, 0.29) is 11.9 Å². The van der Waals surface area contributed by atoms with Gasteiger partial charge in [0.05, 0.1) is 10.9 Å². The number of aromatic nitrogens is 2. The quantitative estimate of drug-likeness (QED) is 0.846. The summed E-state index contributed by atoms with van der Waals surface area (Å²) in [7, 11) is 1.56. The van der Waals surface area contributed by atoms with Gasteiger partial charge in [-0.1, -0.05) is 0 Å². The van der Waals surface area contributed by atoms with E-state index >= 15 is 0 Å². The fourth-order valence-electron chi connectivity index (χ4n) is 1.94. The Balaban J connectivity index is 2.80. The molecule has 96 valence electrons. The van der Waals surface area contributed by atoms with Gasteiger partial charge in [0.2, 0.25) is 0 Å². The molecule has 0 radical (unpaired) electrons. The van der Waals surface area contributed by atoms with Crippen molar-refractivity contribution in [1.82, 2.24) is 9.13 Å². The molecule has 2 rings (SSSR count). The van der Waals surface area contributed by atoms with Crippen LogP contribution in [0.2, 0.25) is 0 Å². The van der Waals surface area contributed by atoms with Gasteiger partial charge in [-0.15, -0.1) is 0 Å². The van der Waals surface area contributed by atoms with Gasteiger partial charge in [-0.25, -0.2) is 9.18 Å². The summed E-state index contributed by atoms with van der Waals surface area (Å²) in [5.74, 6) is -0.497. The molecular weight excluding hydrogens is 237 g/mol. The van der Waals surface area contributed by atoms with Gasteiger partial charge >= 0.3 is 5.69 Å². The molecule has 1 heterocycles. The van der Waals surface area contributed by atoms with Crippen molar-refractivity contribution in [3.05, 3.63) is 44.9 Å². The van der Waals surface area contributed by atoms with Crippen molar-refractivity contribution in [2.75, 3.05) is 6.54 Å². The highest BCUT2D eigenvalue weighted by molar-refractivity contribution is 5.77. The normalized spacial score (nSPS) is 11.1. The third-order valence-corrected chi connectivity index (χ3v) is 2.90. The number of rotatable bonds is 3. The molecule has 0 aliphatic rings. The Labute approximate surface area is 102 Å². The van der Waals surface area contributed by atoms with E-state index in [0.29, 0.717) is 18.5 Å². The maximum atomic E-state index is 13.2. The van der Waals surface area contributed by atoms with Crippen molar-refractivity contribution in [2.24, 2.45) is 12.8 Å². The predicted molar refractivity (Wildman–Crippen MR) is 67.1 cm³/mol. The van der Waals surface area contributed by atoms with Crippen LogP contribution in [0.25, 0.3) is 10.9 Å². The van der Waals surface area contributed by atoms with Gasteiger partial charge < -0.3 is 5.73 Å². The first kappa shape index (κ1) is 12.5. The van der Waals surface area contributed by atoms with Crippen LogP contribution in [0.15, 0.2) is 27.8 Å². The predicted octanol–water partition coefficient (Wildman–Crippen LogP) is 0.188. The SMILES string of the molecule is Cn1c(=O)n(CCCN)c(=O)c2cc(F)ccc21. The van der Waals surface area contributed by atoms with E-state index in [9.17, 15) is 14.0 Å². The Morgan fingerprint density at radius 1 is 1.33 bits per heavy atom. The lowest BCUT2D eigenvalue weighted by atomic mass is 10.2. The molecule has 0 saturated heterocycles. The van der Waals surface area contributed by atoms with E-state index in [1.807, 2.05) is 0 Å². The van der Waals surface area contributed by atoms with Crippen LogP contribution in [-0.2, 0) is 13.6 Å². The number of hydrogen-bond donors (Lipinski definition) is 1. The molecule has 0 atom stereocenters. The number of hydrogen-bond acceptors (Lipinski definition) is 3. The maximum absolute atomic E-state index is 13.2. The average molecular weight is 251 g/mol. The summed E-state index contributed by atoms with van der Waals surface area (Å²) in [5, 5.41) is 0.203. The topological polar surface area (TPSA) is 70.0 Å². The zero-order chi connectivity index (χ0) is 13.3. The van der Waals surface area contributed by atoms with Crippen molar-refractivity contribution in [3.8, 4) is 0 Å². The van der Waals surface area contributed by atoms with E-state index in [2.05, 4.69) is 0 Å². The number of benzene rings is 1. The maximum Gasteiger partial charge on any atom is 0.331 e. The van der Waals surface area contributed by atoms with Gasteiger partial charge in [0.15, 0.2) is 0 Å². The molecule has 0 fully saturated rings. The molecule has 0 bridgehead atoms. The molecular formula is C12H14FN3O2. The summed E-state index contributed by atoms with van der Waals surface area (Å²) in [6.07, 6.45) is 0.524. The Hall–Kier alpha value is -1.95. The lowest BCUT2D eigenvalue weighted by molar-refractivity contribution is 0.578. The van der Waals surface area contributed by atoms with E-state index in [1.54, 1.807) is 7.05 Å². The standard InChI is InChI=1S/C12H14FN3O2/c1-15-10-4-3-8(13)7-9(10)11(17)16(12(15)18)6-2-5-14/h3-4,7H,2,5-6,14H2,1H3. The summed E-state index contributed by atoms with van der Waals surface area (Å²) in [6.45, 7) is 0.630. The lowest BCUT2D eigenvalue weighted by Crippen LogP contribution is -2.39. The highest BCUT2D eigenvalue weighted by Crippen LogP contribution is 2.09. The van der Waals surface area contributed by atoms with Gasteiger partial charge in [-0.05, 0) is 31.2 Å². The third kappa shape index (κ3) is 1.95. The van der Waals surface area contributed by atoms with Crippen LogP contribution in [0.3, 0.4) is 0 Å². The molecule has 0 spiro atoms. The van der Waals surface area contributed by atoms with Crippen molar-refractivity contribution >= 4 is 10.9 Å². The van der Waals surface area contributed by atoms with Crippen LogP contribution in [0.1, 0.15) is 6.42 Å². The summed E-state index contributed by atoms with van der Waals surface area (Å²) < 4.78 is 15.6. The highest BCUT2D eigenvalue weighted by Gasteiger charge is 2.10. The third-order valence-electron chi connectivity index (χ3n) is 2.90. The zero-order valence-corrected chi connectivity index (χ0v) is 10.0. The molecule has 5 nitrogen and oxygen atoms in total. The second kappa shape index (κ2) is 4.73. The summed E-state index contributed by atoms with van der Waals surface area (Å²) in [6, 6.07) is 3.81. The van der Waals surface area contributed by atoms with Gasteiger partial charge in [-0.3, -0.25) is 13.9 Å². The van der Waals surface area contributed by atoms with Gasteiger partial charge in [0, 0.05) is 13.6 Å². The molecule has 18 heavy (non-hydrogen) atoms. The molecule has 1 aromatic carbocycles. The summed E-state index contributed by atoms with van der Waals surface area (Å²) >= 11 is 0. The summed E-state index contributed by atoms with van der Waals surface area (Å²) in [5.41, 5.74) is 4.91. The fraction of sp³-hybridized carbons (Fsp3) is 0.333. The molecule has 0 saturated carbocycles. The van der Waals surface area contributed by atoms with E-state index in [1.165, 1.54) is 16.7 Å². The number of halogens is 1. The number of nitrogens with two attached hydrogens (primary N) is 1. The van der Waals surface area contributed by atoms with Crippen LogP contribution in [0.4, 0.5) is 4.39 Å². The van der Waals surface area contributed by atoms with Crippen molar-refractivity contribution in [1.29, 1.82) is 0 Å². The molecule has 2 N–H and O–H groups in total. The van der Waals surface area contributed by atoms with Crippen LogP contribution in [0.5, 0.6) is 0 Å². The number of nitrogens with zero attached hydrogens (tertiary/aromatic N) is 2. The first-order valence-corrected chi connectivity index (χ1v) is 5.65. The van der Waals surface area contributed by atoms with Crippen LogP contribution >= 0.6 is 0 Å². The van der Waals surface area contributed by atoms with Crippen molar-refractivity contribution in [2.45, 2.75) is 13.0 Å². The Morgan fingerprint density at radius 3 is 2.72 bits per heavy atom. The number of aryl methyl sites for hydroxylation is 1. The monoisotopic (exact) mass is 251 g/mol. The molecule has 2 aromatic rings. The molecule has 0 aliphatic carbocycles. The average Bonchev–Trinajstić information content (AvgIpc) is 2.36. The fourth-order valence-corrected chi connectivity index (χ4v) is 1.94. The van der Waals surface area contributed by atoms with E-state index < -0.39 is 17.1 Å². The first-order valence-electron chi connectivity index (χ1n) is 5.65. The minimum absolute atomic E-state index is 0.203. The molecule has 0 unspecified atom stereocenters. The second-order valence-electron chi connectivity index (χ2n) is 4.10. The summed E-state index contributed by atoms with van der Waals surface area (Å²) in [4.78, 5) is 24.1. The van der Waals surface area contributed by atoms with Gasteiger partial charge in [-0.2, -0.15) is 0 Å². The first-order chi connectivity index (χ1) is 8.56. The Kier molecular flexibility index (Phi) is 3.29. The second-order valence-corrected chi connectivity index (χ2v) is 4.10.